The molecule has 0 saturated carbocycles. The number of fused-ring (bicyclic) bond motifs is 2. The Morgan fingerprint density at radius 1 is 0.943 bits per heavy atom. The third-order valence-corrected chi connectivity index (χ3v) is 6.14. The van der Waals surface area contributed by atoms with Gasteiger partial charge in [0.15, 0.2) is 23.0 Å². The Morgan fingerprint density at radius 2 is 1.71 bits per heavy atom. The molecule has 2 aliphatic heterocycles. The minimum absolute atomic E-state index is 0.193. The first kappa shape index (κ1) is 22.8. The molecule has 0 aromatic heterocycles. The Bertz CT molecular complexity index is 1270. The molecule has 3 aromatic rings. The average molecular weight is 474 g/mol. The largest absolute Gasteiger partial charge is 0.493 e. The molecule has 0 amide bonds. The molecule has 3 aromatic carbocycles. The van der Waals surface area contributed by atoms with E-state index in [1.165, 1.54) is 19.8 Å². The lowest BCUT2D eigenvalue weighted by Crippen LogP contribution is -2.20. The second-order valence-corrected chi connectivity index (χ2v) is 8.26. The molecule has 0 radical (unpaired) electrons. The van der Waals surface area contributed by atoms with Gasteiger partial charge in [-0.05, 0) is 73.0 Å². The summed E-state index contributed by atoms with van der Waals surface area (Å²) in [5.41, 5.74) is 4.31. The zero-order chi connectivity index (χ0) is 24.2. The maximum atomic E-state index is 12.7. The van der Waals surface area contributed by atoms with E-state index >= 15 is 0 Å². The van der Waals surface area contributed by atoms with Crippen molar-refractivity contribution in [1.82, 2.24) is 5.32 Å². The fourth-order valence-corrected chi connectivity index (χ4v) is 4.37. The highest BCUT2D eigenvalue weighted by Crippen LogP contribution is 2.43. The third kappa shape index (κ3) is 4.68. The number of ether oxygens (including phenoxy) is 5. The van der Waals surface area contributed by atoms with Gasteiger partial charge in [-0.15, -0.1) is 0 Å². The molecule has 0 spiro atoms. The van der Waals surface area contributed by atoms with Crippen LogP contribution in [-0.4, -0.2) is 40.1 Å². The predicted molar refractivity (Wildman–Crippen MR) is 132 cm³/mol. The maximum Gasteiger partial charge on any atom is 0.348 e. The van der Waals surface area contributed by atoms with Crippen LogP contribution in [0.2, 0.25) is 0 Å². The lowest BCUT2D eigenvalue weighted by atomic mass is 10.00. The number of rotatable bonds is 9. The molecule has 0 aliphatic carbocycles. The van der Waals surface area contributed by atoms with Crippen molar-refractivity contribution in [3.05, 3.63) is 82.4 Å². The van der Waals surface area contributed by atoms with E-state index in [2.05, 4.69) is 29.6 Å². The third-order valence-electron chi connectivity index (χ3n) is 6.14. The minimum atomic E-state index is -0.466. The van der Waals surface area contributed by atoms with E-state index in [0.717, 1.165) is 42.8 Å². The first-order valence-corrected chi connectivity index (χ1v) is 11.5. The molecule has 0 bridgehead atoms. The molecular weight excluding hydrogens is 446 g/mol. The van der Waals surface area contributed by atoms with E-state index in [1.807, 2.05) is 30.3 Å². The van der Waals surface area contributed by atoms with Gasteiger partial charge in [-0.2, -0.15) is 0 Å². The number of hydrogen-bond donors (Lipinski definition) is 1. The monoisotopic (exact) mass is 473 g/mol. The lowest BCUT2D eigenvalue weighted by molar-refractivity contribution is 0.0713. The van der Waals surface area contributed by atoms with E-state index in [-0.39, 0.29) is 6.79 Å². The Kier molecular flexibility index (Phi) is 6.59. The smallest absolute Gasteiger partial charge is 0.348 e. The summed E-state index contributed by atoms with van der Waals surface area (Å²) in [4.78, 5) is 12.7. The second-order valence-electron chi connectivity index (χ2n) is 8.26. The quantitative estimate of drug-likeness (QED) is 0.363. The lowest BCUT2D eigenvalue weighted by Gasteiger charge is -2.11. The van der Waals surface area contributed by atoms with Crippen molar-refractivity contribution >= 4 is 17.8 Å². The molecule has 180 valence electrons. The van der Waals surface area contributed by atoms with Gasteiger partial charge in [-0.25, -0.2) is 4.79 Å². The van der Waals surface area contributed by atoms with E-state index in [1.54, 1.807) is 6.07 Å². The molecule has 2 aliphatic rings. The van der Waals surface area contributed by atoms with Crippen molar-refractivity contribution in [3.8, 4) is 23.0 Å². The fraction of sp³-hybridized carbons (Fsp3) is 0.250. The summed E-state index contributed by atoms with van der Waals surface area (Å²) in [5.74, 6) is 2.24. The Morgan fingerprint density at radius 3 is 2.49 bits per heavy atom. The topological polar surface area (TPSA) is 75.3 Å². The SMILES string of the molecule is COc1ccc2c(c1OC)C(=O)OC2=Cc1cc2c(cc1CCNCCc1ccccc1)OCO2. The predicted octanol–water partition coefficient (Wildman–Crippen LogP) is 4.48. The van der Waals surface area contributed by atoms with Crippen LogP contribution in [0.1, 0.15) is 32.6 Å². The number of hydrogen-bond acceptors (Lipinski definition) is 7. The molecule has 0 fully saturated rings. The molecular formula is C28H27NO6. The number of nitrogens with one attached hydrogen (secondary N) is 1. The first-order valence-electron chi connectivity index (χ1n) is 11.5. The van der Waals surface area contributed by atoms with Crippen LogP contribution >= 0.6 is 0 Å². The molecule has 2 heterocycles. The normalized spacial score (nSPS) is 14.7. The molecule has 0 saturated heterocycles. The maximum absolute atomic E-state index is 12.7. The highest BCUT2D eigenvalue weighted by Gasteiger charge is 2.32. The summed E-state index contributed by atoms with van der Waals surface area (Å²) in [7, 11) is 3.04. The Balaban J connectivity index is 1.38. The van der Waals surface area contributed by atoms with Crippen LogP contribution in [0.5, 0.6) is 23.0 Å². The van der Waals surface area contributed by atoms with E-state index < -0.39 is 5.97 Å². The number of carbonyl (C=O) groups is 1. The van der Waals surface area contributed by atoms with Crippen LogP contribution in [0, 0.1) is 0 Å². The van der Waals surface area contributed by atoms with Crippen LogP contribution in [0.4, 0.5) is 0 Å². The Labute approximate surface area is 204 Å². The van der Waals surface area contributed by atoms with Gasteiger partial charge in [0.25, 0.3) is 0 Å². The van der Waals surface area contributed by atoms with Gasteiger partial charge in [-0.3, -0.25) is 0 Å². The number of benzene rings is 3. The van der Waals surface area contributed by atoms with Gasteiger partial charge >= 0.3 is 5.97 Å². The standard InChI is InChI=1S/C28H27NO6/c1-31-22-9-8-21-23(35-28(30)26(21)27(22)32-2)15-20-16-25-24(33-17-34-25)14-19(20)11-13-29-12-10-18-6-4-3-5-7-18/h3-9,14-16,29H,10-13,17H2,1-2H3. The number of methoxy groups -OCH3 is 2. The summed E-state index contributed by atoms with van der Waals surface area (Å²) >= 11 is 0. The van der Waals surface area contributed by atoms with Crippen molar-refractivity contribution in [2.24, 2.45) is 0 Å². The summed E-state index contributed by atoms with van der Waals surface area (Å²) in [6.45, 7) is 1.88. The van der Waals surface area contributed by atoms with Crippen molar-refractivity contribution < 1.29 is 28.5 Å². The average Bonchev–Trinajstić information content (AvgIpc) is 3.47. The first-order chi connectivity index (χ1) is 17.2. The molecule has 5 rings (SSSR count). The Hall–Kier alpha value is -3.97. The van der Waals surface area contributed by atoms with Crippen LogP contribution in [0.3, 0.4) is 0 Å². The summed E-state index contributed by atoms with van der Waals surface area (Å²) < 4.78 is 27.6. The van der Waals surface area contributed by atoms with Crippen molar-refractivity contribution in [3.63, 3.8) is 0 Å². The highest BCUT2D eigenvalue weighted by molar-refractivity contribution is 6.08. The minimum Gasteiger partial charge on any atom is -0.493 e. The summed E-state index contributed by atoms with van der Waals surface area (Å²) in [6, 6.07) is 17.9. The summed E-state index contributed by atoms with van der Waals surface area (Å²) in [6.07, 6.45) is 3.62. The number of carbonyl (C=O) groups excluding carboxylic acids is 1. The van der Waals surface area contributed by atoms with E-state index in [4.69, 9.17) is 23.7 Å². The van der Waals surface area contributed by atoms with Gasteiger partial charge in [0.1, 0.15) is 11.3 Å². The zero-order valence-electron chi connectivity index (χ0n) is 19.8. The molecule has 0 unspecified atom stereocenters. The molecule has 7 nitrogen and oxygen atoms in total. The molecule has 35 heavy (non-hydrogen) atoms. The van der Waals surface area contributed by atoms with Crippen LogP contribution in [0.15, 0.2) is 54.6 Å². The van der Waals surface area contributed by atoms with Gasteiger partial charge in [0.2, 0.25) is 6.79 Å². The van der Waals surface area contributed by atoms with Crippen LogP contribution in [0.25, 0.3) is 11.8 Å². The van der Waals surface area contributed by atoms with Crippen molar-refractivity contribution in [2.75, 3.05) is 34.1 Å². The van der Waals surface area contributed by atoms with E-state index in [9.17, 15) is 4.79 Å². The number of cyclic esters (lactones) is 1. The highest BCUT2D eigenvalue weighted by atomic mass is 16.7. The molecule has 1 N–H and O–H groups in total. The van der Waals surface area contributed by atoms with Crippen molar-refractivity contribution in [1.29, 1.82) is 0 Å². The van der Waals surface area contributed by atoms with Crippen molar-refractivity contribution in [2.45, 2.75) is 12.8 Å². The van der Waals surface area contributed by atoms with Gasteiger partial charge in [0, 0.05) is 5.56 Å². The number of esters is 1. The second kappa shape index (κ2) is 10.1. The van der Waals surface area contributed by atoms with Crippen LogP contribution in [-0.2, 0) is 17.6 Å². The van der Waals surface area contributed by atoms with Gasteiger partial charge in [0.05, 0.1) is 14.2 Å². The van der Waals surface area contributed by atoms with Gasteiger partial charge in [-0.1, -0.05) is 30.3 Å². The molecule has 0 atom stereocenters. The zero-order valence-corrected chi connectivity index (χ0v) is 19.8. The molecule has 7 heteroatoms. The summed E-state index contributed by atoms with van der Waals surface area (Å²) in [5, 5.41) is 3.51. The fourth-order valence-electron chi connectivity index (χ4n) is 4.37. The van der Waals surface area contributed by atoms with Gasteiger partial charge < -0.3 is 29.0 Å². The van der Waals surface area contributed by atoms with E-state index in [0.29, 0.717) is 34.1 Å². The van der Waals surface area contributed by atoms with Crippen LogP contribution < -0.4 is 24.3 Å².